The van der Waals surface area contributed by atoms with Crippen molar-refractivity contribution in [2.45, 2.75) is 24.8 Å². The molecule has 3 rings (SSSR count). The van der Waals surface area contributed by atoms with Crippen LogP contribution in [0.15, 0.2) is 41.7 Å². The summed E-state index contributed by atoms with van der Waals surface area (Å²) < 4.78 is 0. The number of imidazole rings is 1. The Kier molecular flexibility index (Phi) is 2.58. The smallest absolute Gasteiger partial charge is 0.235 e. The van der Waals surface area contributed by atoms with E-state index in [1.165, 1.54) is 0 Å². The zero-order valence-corrected chi connectivity index (χ0v) is 9.89. The number of hydrogen-bond acceptors (Lipinski definition) is 3. The van der Waals surface area contributed by atoms with Crippen molar-refractivity contribution in [1.29, 1.82) is 0 Å². The molecular weight excluding hydrogens is 226 g/mol. The minimum atomic E-state index is -0.384. The molecule has 0 atom stereocenters. The van der Waals surface area contributed by atoms with Crippen LogP contribution in [0.1, 0.15) is 24.8 Å². The van der Waals surface area contributed by atoms with Crippen LogP contribution in [0.3, 0.4) is 0 Å². The molecule has 0 amide bonds. The number of carbonyl (C=O) groups excluding carboxylic acids is 1. The van der Waals surface area contributed by atoms with Crippen LogP contribution in [0, 0.1) is 0 Å². The van der Waals surface area contributed by atoms with Gasteiger partial charge in [-0.05, 0) is 24.8 Å². The van der Waals surface area contributed by atoms with Crippen LogP contribution in [-0.2, 0) is 10.3 Å². The van der Waals surface area contributed by atoms with Crippen molar-refractivity contribution in [2.75, 3.05) is 0 Å². The lowest BCUT2D eigenvalue weighted by Gasteiger charge is -2.38. The van der Waals surface area contributed by atoms with Gasteiger partial charge >= 0.3 is 0 Å². The molecule has 1 N–H and O–H groups in total. The summed E-state index contributed by atoms with van der Waals surface area (Å²) in [6.07, 6.45) is 8.15. The summed E-state index contributed by atoms with van der Waals surface area (Å²) >= 11 is 0. The molecule has 4 nitrogen and oxygen atoms in total. The van der Waals surface area contributed by atoms with E-state index in [1.54, 1.807) is 18.5 Å². The fourth-order valence-corrected chi connectivity index (χ4v) is 2.55. The van der Waals surface area contributed by atoms with Gasteiger partial charge in [-0.2, -0.15) is 4.99 Å². The van der Waals surface area contributed by atoms with Crippen molar-refractivity contribution in [3.05, 3.63) is 42.2 Å². The number of hydrogen-bond donors (Lipinski definition) is 1. The third-order valence-electron chi connectivity index (χ3n) is 3.62. The number of isocyanates is 1. The third kappa shape index (κ3) is 1.59. The Morgan fingerprint density at radius 1 is 1.33 bits per heavy atom. The van der Waals surface area contributed by atoms with Crippen molar-refractivity contribution in [3.8, 4) is 11.4 Å². The van der Waals surface area contributed by atoms with Gasteiger partial charge < -0.3 is 4.98 Å². The molecule has 1 fully saturated rings. The Hall–Kier alpha value is -2.19. The van der Waals surface area contributed by atoms with Gasteiger partial charge in [-0.3, -0.25) is 0 Å². The molecule has 0 bridgehead atoms. The van der Waals surface area contributed by atoms with Crippen LogP contribution in [0.25, 0.3) is 11.4 Å². The average molecular weight is 239 g/mol. The van der Waals surface area contributed by atoms with Crippen molar-refractivity contribution in [3.63, 3.8) is 0 Å². The second-order valence-corrected chi connectivity index (χ2v) is 4.57. The van der Waals surface area contributed by atoms with Crippen molar-refractivity contribution in [2.24, 2.45) is 4.99 Å². The number of nitrogens with zero attached hydrogens (tertiary/aromatic N) is 2. The van der Waals surface area contributed by atoms with E-state index in [4.69, 9.17) is 0 Å². The summed E-state index contributed by atoms with van der Waals surface area (Å²) in [6.45, 7) is 0. The highest BCUT2D eigenvalue weighted by Gasteiger charge is 2.40. The third-order valence-corrected chi connectivity index (χ3v) is 3.62. The normalized spacial score (nSPS) is 16.7. The molecule has 18 heavy (non-hydrogen) atoms. The van der Waals surface area contributed by atoms with E-state index in [0.29, 0.717) is 0 Å². The quantitative estimate of drug-likeness (QED) is 0.661. The number of rotatable bonds is 3. The van der Waals surface area contributed by atoms with Crippen molar-refractivity contribution in [1.82, 2.24) is 9.97 Å². The maximum Gasteiger partial charge on any atom is 0.235 e. The van der Waals surface area contributed by atoms with Crippen molar-refractivity contribution >= 4 is 6.08 Å². The first kappa shape index (κ1) is 10.9. The Bertz CT molecular complexity index is 593. The van der Waals surface area contributed by atoms with Crippen LogP contribution in [-0.4, -0.2) is 16.0 Å². The lowest BCUT2D eigenvalue weighted by Crippen LogP contribution is -2.32. The summed E-state index contributed by atoms with van der Waals surface area (Å²) in [5, 5.41) is 0. The van der Waals surface area contributed by atoms with Gasteiger partial charge in [0.2, 0.25) is 6.08 Å². The van der Waals surface area contributed by atoms with E-state index < -0.39 is 0 Å². The van der Waals surface area contributed by atoms with Gasteiger partial charge in [0.05, 0.1) is 5.54 Å². The number of aromatic amines is 1. The molecule has 1 aliphatic rings. The van der Waals surface area contributed by atoms with E-state index in [1.807, 2.05) is 24.3 Å². The largest absolute Gasteiger partial charge is 0.345 e. The fourth-order valence-electron chi connectivity index (χ4n) is 2.55. The fraction of sp³-hybridized carbons (Fsp3) is 0.286. The van der Waals surface area contributed by atoms with Crippen LogP contribution in [0.4, 0.5) is 0 Å². The first-order valence-electron chi connectivity index (χ1n) is 6.04. The van der Waals surface area contributed by atoms with E-state index in [9.17, 15) is 4.79 Å². The van der Waals surface area contributed by atoms with Crippen LogP contribution in [0.2, 0.25) is 0 Å². The number of H-pyrrole nitrogens is 1. The summed E-state index contributed by atoms with van der Waals surface area (Å²) in [6, 6.07) is 7.98. The Labute approximate surface area is 105 Å². The molecular formula is C14H13N3O. The second-order valence-electron chi connectivity index (χ2n) is 4.57. The maximum atomic E-state index is 10.7. The van der Waals surface area contributed by atoms with Crippen LogP contribution < -0.4 is 0 Å². The molecule has 2 aromatic rings. The first-order chi connectivity index (χ1) is 8.86. The van der Waals surface area contributed by atoms with E-state index in [-0.39, 0.29) is 5.54 Å². The highest BCUT2D eigenvalue weighted by Crippen LogP contribution is 2.47. The molecule has 0 radical (unpaired) electrons. The highest BCUT2D eigenvalue weighted by molar-refractivity contribution is 5.63. The number of aromatic nitrogens is 2. The van der Waals surface area contributed by atoms with Crippen molar-refractivity contribution < 1.29 is 4.79 Å². The van der Waals surface area contributed by atoms with E-state index in [2.05, 4.69) is 15.0 Å². The predicted molar refractivity (Wildman–Crippen MR) is 67.7 cm³/mol. The molecule has 1 aliphatic carbocycles. The lowest BCUT2D eigenvalue weighted by molar-refractivity contribution is 0.256. The van der Waals surface area contributed by atoms with Gasteiger partial charge in [-0.15, -0.1) is 0 Å². The summed E-state index contributed by atoms with van der Waals surface area (Å²) in [7, 11) is 0. The maximum absolute atomic E-state index is 10.7. The molecule has 1 aromatic heterocycles. The summed E-state index contributed by atoms with van der Waals surface area (Å²) in [4.78, 5) is 22.1. The molecule has 0 spiro atoms. The zero-order valence-electron chi connectivity index (χ0n) is 9.89. The van der Waals surface area contributed by atoms with E-state index in [0.717, 1.165) is 36.2 Å². The molecule has 1 heterocycles. The van der Waals surface area contributed by atoms with E-state index >= 15 is 0 Å². The van der Waals surface area contributed by atoms with Gasteiger partial charge in [-0.1, -0.05) is 24.3 Å². The summed E-state index contributed by atoms with van der Waals surface area (Å²) in [5.74, 6) is 0.818. The standard InChI is InChI=1S/C14H13N3O/c18-10-17-14(6-3-7-14)12-5-2-1-4-11(12)13-15-8-9-16-13/h1-2,4-5,8-9H,3,6-7H2,(H,15,16). The van der Waals surface area contributed by atoms with Crippen LogP contribution >= 0.6 is 0 Å². The van der Waals surface area contributed by atoms with Gasteiger partial charge in [0.25, 0.3) is 0 Å². The topological polar surface area (TPSA) is 58.1 Å². The summed E-state index contributed by atoms with van der Waals surface area (Å²) in [5.41, 5.74) is 1.70. The average Bonchev–Trinajstić information content (AvgIpc) is 2.88. The Morgan fingerprint density at radius 3 is 2.78 bits per heavy atom. The van der Waals surface area contributed by atoms with Gasteiger partial charge in [-0.25, -0.2) is 9.78 Å². The lowest BCUT2D eigenvalue weighted by atomic mass is 9.71. The molecule has 1 aromatic carbocycles. The molecule has 0 aliphatic heterocycles. The van der Waals surface area contributed by atoms with Gasteiger partial charge in [0.15, 0.2) is 0 Å². The molecule has 1 saturated carbocycles. The monoisotopic (exact) mass is 239 g/mol. The predicted octanol–water partition coefficient (Wildman–Crippen LogP) is 2.79. The minimum absolute atomic E-state index is 0.384. The minimum Gasteiger partial charge on any atom is -0.345 e. The van der Waals surface area contributed by atoms with Gasteiger partial charge in [0.1, 0.15) is 5.82 Å². The SMILES string of the molecule is O=C=NC1(c2ccccc2-c2ncc[nH]2)CCC1. The molecule has 0 unspecified atom stereocenters. The van der Waals surface area contributed by atoms with Crippen LogP contribution in [0.5, 0.6) is 0 Å². The number of nitrogens with one attached hydrogen (secondary N) is 1. The molecule has 0 saturated heterocycles. The zero-order chi connectivity index (χ0) is 12.4. The number of aliphatic imine (C=N–C) groups is 1. The first-order valence-corrected chi connectivity index (χ1v) is 6.04. The molecule has 4 heteroatoms. The number of benzene rings is 1. The highest BCUT2D eigenvalue weighted by atomic mass is 16.1. The Morgan fingerprint density at radius 2 is 2.17 bits per heavy atom. The Balaban J connectivity index is 2.15. The molecule has 90 valence electrons. The second kappa shape index (κ2) is 4.24. The van der Waals surface area contributed by atoms with Gasteiger partial charge in [0, 0.05) is 18.0 Å².